The number of nitrogens with one attached hydrogen (secondary N) is 1. The Morgan fingerprint density at radius 3 is 2.67 bits per heavy atom. The molecule has 2 N–H and O–H groups in total. The second-order valence-electron chi connectivity index (χ2n) is 1.70. The fourth-order valence-corrected chi connectivity index (χ4v) is 0.341. The van der Waals surface area contributed by atoms with Crippen LogP contribution in [0.4, 0.5) is 0 Å². The van der Waals surface area contributed by atoms with E-state index in [1.54, 1.807) is 0 Å². The lowest BCUT2D eigenvalue weighted by Gasteiger charge is -1.98. The molecular weight excluding hydrogens is 118 g/mol. The van der Waals surface area contributed by atoms with Crippen molar-refractivity contribution < 1.29 is 9.90 Å². The number of rotatable bonds is 3. The number of amides is 1. The third kappa shape index (κ3) is 3.58. The van der Waals surface area contributed by atoms with Gasteiger partial charge in [-0.15, -0.1) is 0 Å². The number of aliphatic hydroxyl groups excluding tert-OH is 1. The van der Waals surface area contributed by atoms with Crippen LogP contribution in [0.2, 0.25) is 0 Å². The predicted molar refractivity (Wildman–Crippen MR) is 35.1 cm³/mol. The molecule has 0 saturated heterocycles. The third-order valence-corrected chi connectivity index (χ3v) is 0.798. The predicted octanol–water partition coefficient (Wildman–Crippen LogP) is 0.584. The minimum Gasteiger partial charge on any atom is -0.503 e. The zero-order valence-corrected chi connectivity index (χ0v) is 5.48. The van der Waals surface area contributed by atoms with Crippen molar-refractivity contribution in [1.29, 1.82) is 0 Å². The monoisotopic (exact) mass is 129 g/mol. The van der Waals surface area contributed by atoms with E-state index in [1.165, 1.54) is 0 Å². The normalized spacial score (nSPS) is 8.56. The number of hydrogen-bond donors (Lipinski definition) is 2. The van der Waals surface area contributed by atoms with Gasteiger partial charge in [-0.1, -0.05) is 13.5 Å². The summed E-state index contributed by atoms with van der Waals surface area (Å²) >= 11 is 0. The second kappa shape index (κ2) is 3.95. The Morgan fingerprint density at radius 2 is 2.33 bits per heavy atom. The van der Waals surface area contributed by atoms with Gasteiger partial charge in [0.25, 0.3) is 5.91 Å². The van der Waals surface area contributed by atoms with Gasteiger partial charge in [0.05, 0.1) is 0 Å². The zero-order chi connectivity index (χ0) is 7.28. The van der Waals surface area contributed by atoms with Crippen LogP contribution in [0.1, 0.15) is 13.3 Å². The average Bonchev–Trinajstić information content (AvgIpc) is 1.82. The lowest BCUT2D eigenvalue weighted by molar-refractivity contribution is -0.119. The maximum absolute atomic E-state index is 10.4. The summed E-state index contributed by atoms with van der Waals surface area (Å²) in [7, 11) is 0. The van der Waals surface area contributed by atoms with E-state index in [9.17, 15) is 4.79 Å². The summed E-state index contributed by atoms with van der Waals surface area (Å²) in [6, 6.07) is 0. The molecule has 0 aliphatic carbocycles. The van der Waals surface area contributed by atoms with Gasteiger partial charge in [0.2, 0.25) is 0 Å². The van der Waals surface area contributed by atoms with Crippen LogP contribution >= 0.6 is 0 Å². The molecule has 0 aliphatic heterocycles. The molecule has 0 atom stereocenters. The van der Waals surface area contributed by atoms with E-state index in [-0.39, 0.29) is 0 Å². The fourth-order valence-electron chi connectivity index (χ4n) is 0.341. The van der Waals surface area contributed by atoms with Crippen LogP contribution in [0.3, 0.4) is 0 Å². The van der Waals surface area contributed by atoms with E-state index in [0.717, 1.165) is 6.42 Å². The van der Waals surface area contributed by atoms with Crippen molar-refractivity contribution in [2.45, 2.75) is 13.3 Å². The first-order chi connectivity index (χ1) is 4.18. The Bertz CT molecular complexity index is 120. The molecule has 0 spiro atoms. The van der Waals surface area contributed by atoms with Crippen molar-refractivity contribution >= 4 is 5.91 Å². The summed E-state index contributed by atoms with van der Waals surface area (Å²) in [4.78, 5) is 10.4. The SMILES string of the molecule is C=C(O)C(=O)NCCC. The van der Waals surface area contributed by atoms with Crippen LogP contribution in [0.25, 0.3) is 0 Å². The summed E-state index contributed by atoms with van der Waals surface area (Å²) in [5.74, 6) is -0.916. The topological polar surface area (TPSA) is 49.3 Å². The number of carbonyl (C=O) groups is 1. The molecule has 9 heavy (non-hydrogen) atoms. The summed E-state index contributed by atoms with van der Waals surface area (Å²) in [5, 5.41) is 10.9. The lowest BCUT2D eigenvalue weighted by Crippen LogP contribution is -2.24. The lowest BCUT2D eigenvalue weighted by atomic mass is 10.4. The molecule has 3 heteroatoms. The van der Waals surface area contributed by atoms with Gasteiger partial charge in [-0.3, -0.25) is 4.79 Å². The third-order valence-electron chi connectivity index (χ3n) is 0.798. The summed E-state index contributed by atoms with van der Waals surface area (Å²) in [6.45, 7) is 5.56. The molecule has 0 rings (SSSR count). The molecule has 0 aromatic heterocycles. The van der Waals surface area contributed by atoms with Crippen molar-refractivity contribution in [2.24, 2.45) is 0 Å². The van der Waals surface area contributed by atoms with Crippen LogP contribution in [0.15, 0.2) is 12.3 Å². The maximum Gasteiger partial charge on any atom is 0.285 e. The molecule has 0 aliphatic rings. The van der Waals surface area contributed by atoms with E-state index in [4.69, 9.17) is 5.11 Å². The molecule has 0 fully saturated rings. The first-order valence-corrected chi connectivity index (χ1v) is 2.84. The van der Waals surface area contributed by atoms with Gasteiger partial charge in [-0.2, -0.15) is 0 Å². The Balaban J connectivity index is 3.39. The molecule has 0 radical (unpaired) electrons. The number of aliphatic hydroxyl groups is 1. The molecule has 1 amide bonds. The molecule has 0 heterocycles. The van der Waals surface area contributed by atoms with Crippen LogP contribution < -0.4 is 5.32 Å². The second-order valence-corrected chi connectivity index (χ2v) is 1.70. The molecule has 0 saturated carbocycles. The summed E-state index contributed by atoms with van der Waals surface area (Å²) in [5.41, 5.74) is 0. The van der Waals surface area contributed by atoms with Gasteiger partial charge in [-0.25, -0.2) is 0 Å². The highest BCUT2D eigenvalue weighted by atomic mass is 16.3. The molecule has 0 aromatic carbocycles. The minimum atomic E-state index is -0.489. The molecule has 0 bridgehead atoms. The van der Waals surface area contributed by atoms with Gasteiger partial charge >= 0.3 is 0 Å². The van der Waals surface area contributed by atoms with Gasteiger partial charge in [-0.05, 0) is 6.42 Å². The Labute approximate surface area is 54.4 Å². The van der Waals surface area contributed by atoms with E-state index < -0.39 is 11.7 Å². The van der Waals surface area contributed by atoms with Crippen LogP contribution in [-0.4, -0.2) is 17.6 Å². The Hall–Kier alpha value is -0.990. The van der Waals surface area contributed by atoms with Gasteiger partial charge < -0.3 is 10.4 Å². The van der Waals surface area contributed by atoms with Crippen LogP contribution in [0, 0.1) is 0 Å². The van der Waals surface area contributed by atoms with Crippen molar-refractivity contribution in [2.75, 3.05) is 6.54 Å². The first kappa shape index (κ1) is 8.01. The van der Waals surface area contributed by atoms with Crippen LogP contribution in [-0.2, 0) is 4.79 Å². The molecule has 3 nitrogen and oxygen atoms in total. The largest absolute Gasteiger partial charge is 0.503 e. The molecular formula is C6H11NO2. The van der Waals surface area contributed by atoms with E-state index in [1.807, 2.05) is 6.92 Å². The van der Waals surface area contributed by atoms with Crippen molar-refractivity contribution in [3.8, 4) is 0 Å². The van der Waals surface area contributed by atoms with Crippen molar-refractivity contribution in [1.82, 2.24) is 5.32 Å². The summed E-state index contributed by atoms with van der Waals surface area (Å²) in [6.07, 6.45) is 0.860. The average molecular weight is 129 g/mol. The molecule has 0 unspecified atom stereocenters. The van der Waals surface area contributed by atoms with E-state index >= 15 is 0 Å². The highest BCUT2D eigenvalue weighted by Gasteiger charge is 1.99. The summed E-state index contributed by atoms with van der Waals surface area (Å²) < 4.78 is 0. The first-order valence-electron chi connectivity index (χ1n) is 2.84. The van der Waals surface area contributed by atoms with E-state index in [0.29, 0.717) is 6.54 Å². The fraction of sp³-hybridized carbons (Fsp3) is 0.500. The standard InChI is InChI=1S/C6H11NO2/c1-3-4-7-6(9)5(2)8/h8H,2-4H2,1H3,(H,7,9). The molecule has 0 aromatic rings. The zero-order valence-electron chi connectivity index (χ0n) is 5.48. The van der Waals surface area contributed by atoms with E-state index in [2.05, 4.69) is 11.9 Å². The Kier molecular flexibility index (Phi) is 3.51. The minimum absolute atomic E-state index is 0.427. The number of hydrogen-bond acceptors (Lipinski definition) is 2. The van der Waals surface area contributed by atoms with Gasteiger partial charge in [0, 0.05) is 6.54 Å². The quantitative estimate of drug-likeness (QED) is 0.432. The highest BCUT2D eigenvalue weighted by Crippen LogP contribution is 1.80. The smallest absolute Gasteiger partial charge is 0.285 e. The van der Waals surface area contributed by atoms with Crippen molar-refractivity contribution in [3.05, 3.63) is 12.3 Å². The number of carbonyl (C=O) groups excluding carboxylic acids is 1. The van der Waals surface area contributed by atoms with Crippen molar-refractivity contribution in [3.63, 3.8) is 0 Å². The highest BCUT2D eigenvalue weighted by molar-refractivity contribution is 5.90. The van der Waals surface area contributed by atoms with Gasteiger partial charge in [0.15, 0.2) is 5.76 Å². The molecule has 52 valence electrons. The van der Waals surface area contributed by atoms with Gasteiger partial charge in [0.1, 0.15) is 0 Å². The maximum atomic E-state index is 10.4. The Morgan fingerprint density at radius 1 is 1.78 bits per heavy atom. The van der Waals surface area contributed by atoms with Crippen LogP contribution in [0.5, 0.6) is 0 Å².